The predicted octanol–water partition coefficient (Wildman–Crippen LogP) is 3.66. The number of benzene rings is 1. The van der Waals surface area contributed by atoms with Crippen molar-refractivity contribution in [3.8, 4) is 5.69 Å². The number of thiophene rings is 1. The van der Waals surface area contributed by atoms with Crippen LogP contribution in [0.25, 0.3) is 15.9 Å². The monoisotopic (exact) mass is 406 g/mol. The second-order valence-electron chi connectivity index (χ2n) is 7.15. The summed E-state index contributed by atoms with van der Waals surface area (Å²) in [7, 11) is 0. The maximum atomic E-state index is 12.8. The van der Waals surface area contributed by atoms with Crippen molar-refractivity contribution >= 4 is 39.0 Å². The summed E-state index contributed by atoms with van der Waals surface area (Å²) in [5, 5.41) is 7.55. The van der Waals surface area contributed by atoms with Crippen LogP contribution in [-0.2, 0) is 12.8 Å². The molecule has 1 aliphatic carbocycles. The van der Waals surface area contributed by atoms with Crippen molar-refractivity contribution < 1.29 is 14.0 Å². The Hall–Kier alpha value is -3.26. The molecule has 0 atom stereocenters. The molecule has 0 unspecified atom stereocenters. The standard InChI is InChI=1S/C21H19N5O2S/c22-18-15-11-13-7-3-1-6-10-16(13)23-21(15)29-19(18)20(27)24-17-12-26(25-28-17)14-8-4-2-5-9-14/h2,4-5,8-9,11-12H,1,3,6-7,10H2,(H2-,22,24,25,27)/p+1. The van der Waals surface area contributed by atoms with Gasteiger partial charge in [-0.05, 0) is 42.0 Å². The maximum Gasteiger partial charge on any atom is 0.303 e. The zero-order valence-corrected chi connectivity index (χ0v) is 16.5. The van der Waals surface area contributed by atoms with Gasteiger partial charge in [0.25, 0.3) is 12.1 Å². The van der Waals surface area contributed by atoms with Crippen molar-refractivity contribution in [3.63, 3.8) is 0 Å². The average molecular weight is 406 g/mol. The van der Waals surface area contributed by atoms with Gasteiger partial charge in [-0.15, -0.1) is 11.3 Å². The van der Waals surface area contributed by atoms with E-state index in [0.717, 1.165) is 40.9 Å². The molecular formula is C21H20N5O2S+. The number of carbonyl (C=O) groups excluding carboxylic acids is 1. The van der Waals surface area contributed by atoms with Crippen LogP contribution in [0.15, 0.2) is 47.1 Å². The average Bonchev–Trinajstić information content (AvgIpc) is 3.24. The van der Waals surface area contributed by atoms with Crippen molar-refractivity contribution in [2.45, 2.75) is 32.1 Å². The summed E-state index contributed by atoms with van der Waals surface area (Å²) >= 11 is 1.32. The summed E-state index contributed by atoms with van der Waals surface area (Å²) in [4.78, 5) is 18.9. The normalized spacial score (nSPS) is 13.8. The first-order valence-electron chi connectivity index (χ1n) is 9.65. The fourth-order valence-corrected chi connectivity index (χ4v) is 4.67. The predicted molar refractivity (Wildman–Crippen MR) is 111 cm³/mol. The lowest BCUT2D eigenvalue weighted by Crippen LogP contribution is -2.31. The highest BCUT2D eigenvalue weighted by Crippen LogP contribution is 2.35. The lowest BCUT2D eigenvalue weighted by Gasteiger charge is -2.04. The number of anilines is 2. The number of nitrogens with one attached hydrogen (secondary N) is 1. The summed E-state index contributed by atoms with van der Waals surface area (Å²) in [6.45, 7) is 0. The molecule has 3 N–H and O–H groups in total. The molecule has 1 aromatic carbocycles. The number of nitrogens with zero attached hydrogens (tertiary/aromatic N) is 3. The van der Waals surface area contributed by atoms with Gasteiger partial charge in [0.05, 0.1) is 5.69 Å². The molecule has 0 bridgehead atoms. The van der Waals surface area contributed by atoms with Gasteiger partial charge in [0, 0.05) is 23.2 Å². The molecule has 8 heteroatoms. The largest absolute Gasteiger partial charge is 0.397 e. The Morgan fingerprint density at radius 1 is 1.17 bits per heavy atom. The maximum absolute atomic E-state index is 12.8. The third-order valence-corrected chi connectivity index (χ3v) is 6.29. The molecule has 0 fully saturated rings. The summed E-state index contributed by atoms with van der Waals surface area (Å²) < 4.78 is 6.81. The Bertz CT molecular complexity index is 1200. The second-order valence-corrected chi connectivity index (χ2v) is 8.15. The van der Waals surface area contributed by atoms with Gasteiger partial charge in [0.1, 0.15) is 9.71 Å². The molecule has 5 rings (SSSR count). The number of nitrogen functional groups attached to an aromatic ring is 1. The molecule has 1 amide bonds. The third kappa shape index (κ3) is 3.36. The minimum Gasteiger partial charge on any atom is -0.397 e. The number of pyridine rings is 1. The number of aromatic nitrogens is 3. The number of para-hydroxylation sites is 1. The minimum absolute atomic E-state index is 0.249. The first-order valence-corrected chi connectivity index (χ1v) is 10.5. The Balaban J connectivity index is 1.43. The van der Waals surface area contributed by atoms with Gasteiger partial charge in [-0.1, -0.05) is 24.6 Å². The smallest absolute Gasteiger partial charge is 0.303 e. The van der Waals surface area contributed by atoms with E-state index in [9.17, 15) is 4.79 Å². The van der Waals surface area contributed by atoms with Gasteiger partial charge in [0.2, 0.25) is 11.0 Å². The highest BCUT2D eigenvalue weighted by molar-refractivity contribution is 7.21. The molecule has 0 radical (unpaired) electrons. The van der Waals surface area contributed by atoms with Gasteiger partial charge in [-0.2, -0.15) is 0 Å². The molecule has 4 aromatic rings. The lowest BCUT2D eigenvalue weighted by atomic mass is 10.1. The minimum atomic E-state index is -0.322. The van der Waals surface area contributed by atoms with E-state index in [1.807, 2.05) is 30.3 Å². The van der Waals surface area contributed by atoms with Crippen molar-refractivity contribution in [1.29, 1.82) is 0 Å². The highest BCUT2D eigenvalue weighted by Gasteiger charge is 2.23. The lowest BCUT2D eigenvalue weighted by molar-refractivity contribution is -0.670. The number of rotatable bonds is 3. The quantitative estimate of drug-likeness (QED) is 0.400. The van der Waals surface area contributed by atoms with Crippen molar-refractivity contribution in [2.75, 3.05) is 11.1 Å². The summed E-state index contributed by atoms with van der Waals surface area (Å²) in [6, 6.07) is 11.6. The van der Waals surface area contributed by atoms with Gasteiger partial charge >= 0.3 is 5.88 Å². The molecule has 1 aliphatic rings. The second kappa shape index (κ2) is 7.29. The zero-order valence-electron chi connectivity index (χ0n) is 15.7. The fraction of sp³-hybridized carbons (Fsp3) is 0.238. The van der Waals surface area contributed by atoms with Crippen LogP contribution >= 0.6 is 11.3 Å². The van der Waals surface area contributed by atoms with Crippen LogP contribution in [0.2, 0.25) is 0 Å². The number of amides is 1. The highest BCUT2D eigenvalue weighted by atomic mass is 32.1. The molecular weight excluding hydrogens is 386 g/mol. The van der Waals surface area contributed by atoms with Gasteiger partial charge in [-0.3, -0.25) is 14.6 Å². The molecule has 3 heterocycles. The van der Waals surface area contributed by atoms with E-state index in [-0.39, 0.29) is 11.8 Å². The van der Waals surface area contributed by atoms with Crippen LogP contribution in [0.5, 0.6) is 0 Å². The van der Waals surface area contributed by atoms with Crippen molar-refractivity contribution in [2.24, 2.45) is 0 Å². The number of hydrogen-bond acceptors (Lipinski definition) is 6. The van der Waals surface area contributed by atoms with Crippen LogP contribution in [0.4, 0.5) is 11.6 Å². The van der Waals surface area contributed by atoms with Gasteiger partial charge < -0.3 is 5.73 Å². The molecule has 7 nitrogen and oxygen atoms in total. The Morgan fingerprint density at radius 2 is 2.00 bits per heavy atom. The molecule has 0 aliphatic heterocycles. The number of aryl methyl sites for hydroxylation is 2. The first-order chi connectivity index (χ1) is 14.2. The molecule has 146 valence electrons. The zero-order chi connectivity index (χ0) is 19.8. The Kier molecular flexibility index (Phi) is 4.48. The number of carbonyl (C=O) groups is 1. The van der Waals surface area contributed by atoms with Gasteiger partial charge in [0.15, 0.2) is 0 Å². The van der Waals surface area contributed by atoms with E-state index < -0.39 is 0 Å². The van der Waals surface area contributed by atoms with Crippen molar-refractivity contribution in [3.05, 3.63) is 58.7 Å². The van der Waals surface area contributed by atoms with E-state index in [1.165, 1.54) is 29.7 Å². The van der Waals surface area contributed by atoms with E-state index in [1.54, 1.807) is 10.9 Å². The number of nitrogens with two attached hydrogens (primary N) is 1. The molecule has 0 saturated carbocycles. The van der Waals surface area contributed by atoms with Crippen LogP contribution in [0.3, 0.4) is 0 Å². The molecule has 0 spiro atoms. The van der Waals surface area contributed by atoms with Crippen LogP contribution in [0, 0.1) is 0 Å². The molecule has 29 heavy (non-hydrogen) atoms. The summed E-state index contributed by atoms with van der Waals surface area (Å²) in [5.41, 5.74) is 10.0. The molecule has 0 saturated heterocycles. The van der Waals surface area contributed by atoms with Crippen molar-refractivity contribution in [1.82, 2.24) is 10.3 Å². The summed E-state index contributed by atoms with van der Waals surface area (Å²) in [5.74, 6) is -0.0727. The first kappa shape index (κ1) is 17.8. The van der Waals surface area contributed by atoms with E-state index in [0.29, 0.717) is 10.6 Å². The topological polar surface area (TPSA) is 97.9 Å². The van der Waals surface area contributed by atoms with Gasteiger partial charge in [-0.25, -0.2) is 4.98 Å². The van der Waals surface area contributed by atoms with Crippen LogP contribution in [-0.4, -0.2) is 16.2 Å². The SMILES string of the molecule is Nc1c(C(=O)Nc2c[n+](-c3ccccc3)no2)sc2nc3c(cc12)CCCCC3. The van der Waals surface area contributed by atoms with E-state index >= 15 is 0 Å². The Labute approximate surface area is 171 Å². The molecule has 3 aromatic heterocycles. The van der Waals surface area contributed by atoms with E-state index in [2.05, 4.69) is 16.7 Å². The fourth-order valence-electron chi connectivity index (χ4n) is 3.68. The Morgan fingerprint density at radius 3 is 2.86 bits per heavy atom. The number of hydrogen-bond donors (Lipinski definition) is 2. The third-order valence-electron chi connectivity index (χ3n) is 5.18. The van der Waals surface area contributed by atoms with Crippen LogP contribution in [0.1, 0.15) is 40.2 Å². The van der Waals surface area contributed by atoms with Crippen LogP contribution < -0.4 is 15.7 Å². The van der Waals surface area contributed by atoms with E-state index in [4.69, 9.17) is 15.2 Å². The summed E-state index contributed by atoms with van der Waals surface area (Å²) in [6.07, 6.45) is 7.19. The number of fused-ring (bicyclic) bond motifs is 2.